The summed E-state index contributed by atoms with van der Waals surface area (Å²) < 4.78 is 0. The Morgan fingerprint density at radius 3 is 2.62 bits per heavy atom. The van der Waals surface area contributed by atoms with Crippen molar-refractivity contribution in [3.05, 3.63) is 29.3 Å². The normalized spacial score (nSPS) is 15.7. The van der Waals surface area contributed by atoms with E-state index in [4.69, 9.17) is 5.73 Å². The van der Waals surface area contributed by atoms with Crippen LogP contribution in [-0.2, 0) is 17.6 Å². The predicted molar refractivity (Wildman–Crippen MR) is 88.5 cm³/mol. The third-order valence-electron chi connectivity index (χ3n) is 4.25. The van der Waals surface area contributed by atoms with Gasteiger partial charge in [0, 0.05) is 24.7 Å². The van der Waals surface area contributed by atoms with Crippen LogP contribution in [0.15, 0.2) is 18.2 Å². The number of carbonyl (C=O) groups is 1. The van der Waals surface area contributed by atoms with Crippen molar-refractivity contribution in [2.75, 3.05) is 11.4 Å². The highest BCUT2D eigenvalue weighted by atomic mass is 16.2. The van der Waals surface area contributed by atoms with Crippen molar-refractivity contribution in [1.82, 2.24) is 0 Å². The Morgan fingerprint density at radius 1 is 1.29 bits per heavy atom. The molecule has 1 unspecified atom stereocenters. The zero-order chi connectivity index (χ0) is 15.6. The molecule has 1 atom stereocenters. The van der Waals surface area contributed by atoms with E-state index in [1.807, 2.05) is 4.90 Å². The third kappa shape index (κ3) is 3.85. The number of hydrogen-bond donors (Lipinski definition) is 1. The van der Waals surface area contributed by atoms with Gasteiger partial charge in [-0.2, -0.15) is 0 Å². The molecule has 3 nitrogen and oxygen atoms in total. The van der Waals surface area contributed by atoms with Crippen LogP contribution in [0.5, 0.6) is 0 Å². The summed E-state index contributed by atoms with van der Waals surface area (Å²) in [7, 11) is 0. The molecule has 1 aromatic carbocycles. The van der Waals surface area contributed by atoms with Gasteiger partial charge in [-0.15, -0.1) is 0 Å². The second-order valence-electron chi connectivity index (χ2n) is 6.97. The molecule has 1 aliphatic rings. The maximum Gasteiger partial charge on any atom is 0.227 e. The number of amides is 1. The summed E-state index contributed by atoms with van der Waals surface area (Å²) in [5.41, 5.74) is 9.84. The topological polar surface area (TPSA) is 46.3 Å². The second-order valence-corrected chi connectivity index (χ2v) is 6.97. The standard InChI is InChI=1S/C18H28N2O/c1-12(2)9-18(21)20-8-7-15-10-14(5-6-17(15)20)11-16(19)13(3)4/h5-6,10,12-13,16H,7-9,11,19H2,1-4H3. The van der Waals surface area contributed by atoms with E-state index >= 15 is 0 Å². The molecule has 2 N–H and O–H groups in total. The van der Waals surface area contributed by atoms with Gasteiger partial charge in [-0.1, -0.05) is 39.8 Å². The number of benzene rings is 1. The monoisotopic (exact) mass is 288 g/mol. The van der Waals surface area contributed by atoms with Gasteiger partial charge >= 0.3 is 0 Å². The van der Waals surface area contributed by atoms with Gasteiger partial charge in [-0.3, -0.25) is 4.79 Å². The second kappa shape index (κ2) is 6.61. The predicted octanol–water partition coefficient (Wildman–Crippen LogP) is 3.15. The van der Waals surface area contributed by atoms with E-state index in [0.717, 1.165) is 25.1 Å². The molecule has 1 aliphatic heterocycles. The van der Waals surface area contributed by atoms with Crippen LogP contribution in [0.1, 0.15) is 45.2 Å². The molecule has 0 bridgehead atoms. The number of fused-ring (bicyclic) bond motifs is 1. The number of hydrogen-bond acceptors (Lipinski definition) is 2. The lowest BCUT2D eigenvalue weighted by atomic mass is 9.96. The van der Waals surface area contributed by atoms with Gasteiger partial charge in [-0.05, 0) is 41.9 Å². The van der Waals surface area contributed by atoms with Gasteiger partial charge in [0.15, 0.2) is 0 Å². The van der Waals surface area contributed by atoms with Gasteiger partial charge < -0.3 is 10.6 Å². The Hall–Kier alpha value is -1.35. The molecule has 1 amide bonds. The van der Waals surface area contributed by atoms with E-state index in [1.165, 1.54) is 11.1 Å². The summed E-state index contributed by atoms with van der Waals surface area (Å²) in [5.74, 6) is 1.14. The summed E-state index contributed by atoms with van der Waals surface area (Å²) in [6, 6.07) is 6.66. The van der Waals surface area contributed by atoms with Crippen molar-refractivity contribution in [1.29, 1.82) is 0 Å². The highest BCUT2D eigenvalue weighted by molar-refractivity contribution is 5.95. The highest BCUT2D eigenvalue weighted by Crippen LogP contribution is 2.30. The van der Waals surface area contributed by atoms with Crippen molar-refractivity contribution in [2.24, 2.45) is 17.6 Å². The van der Waals surface area contributed by atoms with E-state index in [2.05, 4.69) is 45.9 Å². The quantitative estimate of drug-likeness (QED) is 0.904. The molecule has 21 heavy (non-hydrogen) atoms. The summed E-state index contributed by atoms with van der Waals surface area (Å²) in [4.78, 5) is 14.2. The first kappa shape index (κ1) is 16.0. The van der Waals surface area contributed by atoms with Crippen LogP contribution in [0.3, 0.4) is 0 Å². The molecule has 1 aromatic rings. The Labute approximate surface area is 128 Å². The van der Waals surface area contributed by atoms with Crippen LogP contribution >= 0.6 is 0 Å². The van der Waals surface area contributed by atoms with Crippen LogP contribution in [0.2, 0.25) is 0 Å². The van der Waals surface area contributed by atoms with Crippen molar-refractivity contribution >= 4 is 11.6 Å². The van der Waals surface area contributed by atoms with E-state index in [-0.39, 0.29) is 11.9 Å². The van der Waals surface area contributed by atoms with Crippen LogP contribution < -0.4 is 10.6 Å². The van der Waals surface area contributed by atoms with Crippen LogP contribution in [0, 0.1) is 11.8 Å². The summed E-state index contributed by atoms with van der Waals surface area (Å²) in [5, 5.41) is 0. The van der Waals surface area contributed by atoms with Gasteiger partial charge in [-0.25, -0.2) is 0 Å². The highest BCUT2D eigenvalue weighted by Gasteiger charge is 2.25. The lowest BCUT2D eigenvalue weighted by molar-refractivity contribution is -0.119. The SMILES string of the molecule is CC(C)CC(=O)N1CCc2cc(CC(N)C(C)C)ccc21. The minimum Gasteiger partial charge on any atom is -0.327 e. The fourth-order valence-electron chi connectivity index (χ4n) is 2.81. The maximum atomic E-state index is 12.3. The molecule has 0 saturated heterocycles. The third-order valence-corrected chi connectivity index (χ3v) is 4.25. The van der Waals surface area contributed by atoms with E-state index in [1.54, 1.807) is 0 Å². The van der Waals surface area contributed by atoms with E-state index < -0.39 is 0 Å². The van der Waals surface area contributed by atoms with Crippen molar-refractivity contribution < 1.29 is 4.79 Å². The van der Waals surface area contributed by atoms with Gasteiger partial charge in [0.05, 0.1) is 0 Å². The van der Waals surface area contributed by atoms with Gasteiger partial charge in [0.25, 0.3) is 0 Å². The Morgan fingerprint density at radius 2 is 2.00 bits per heavy atom. The van der Waals surface area contributed by atoms with Gasteiger partial charge in [0.2, 0.25) is 5.91 Å². The molecule has 0 aliphatic carbocycles. The molecule has 0 saturated carbocycles. The molecular formula is C18H28N2O. The zero-order valence-corrected chi connectivity index (χ0v) is 13.7. The summed E-state index contributed by atoms with van der Waals surface area (Å²) in [6.07, 6.45) is 2.49. The fourth-order valence-corrected chi connectivity index (χ4v) is 2.81. The lowest BCUT2D eigenvalue weighted by Gasteiger charge is -2.19. The smallest absolute Gasteiger partial charge is 0.227 e. The Kier molecular flexibility index (Phi) is 5.04. The minimum atomic E-state index is 0.197. The van der Waals surface area contributed by atoms with Crippen LogP contribution in [0.25, 0.3) is 0 Å². The molecular weight excluding hydrogens is 260 g/mol. The molecule has 1 heterocycles. The van der Waals surface area contributed by atoms with Crippen LogP contribution in [-0.4, -0.2) is 18.5 Å². The summed E-state index contributed by atoms with van der Waals surface area (Å²) in [6.45, 7) is 9.31. The van der Waals surface area contributed by atoms with Crippen molar-refractivity contribution in [3.8, 4) is 0 Å². The first-order chi connectivity index (χ1) is 9.88. The maximum absolute atomic E-state index is 12.3. The molecule has 0 spiro atoms. The lowest BCUT2D eigenvalue weighted by Crippen LogP contribution is -2.30. The number of rotatable bonds is 5. The number of nitrogens with zero attached hydrogens (tertiary/aromatic N) is 1. The number of anilines is 1. The first-order valence-electron chi connectivity index (χ1n) is 8.06. The molecule has 3 heteroatoms. The molecule has 2 rings (SSSR count). The zero-order valence-electron chi connectivity index (χ0n) is 13.7. The molecule has 0 radical (unpaired) electrons. The molecule has 0 fully saturated rings. The Bertz CT molecular complexity index is 508. The molecule has 116 valence electrons. The van der Waals surface area contributed by atoms with Crippen molar-refractivity contribution in [2.45, 2.75) is 53.0 Å². The van der Waals surface area contributed by atoms with Gasteiger partial charge in [0.1, 0.15) is 0 Å². The number of nitrogens with two attached hydrogens (primary N) is 1. The largest absolute Gasteiger partial charge is 0.327 e. The van der Waals surface area contributed by atoms with E-state index in [9.17, 15) is 4.79 Å². The average Bonchev–Trinajstić information content (AvgIpc) is 2.80. The Balaban J connectivity index is 2.11. The fraction of sp³-hybridized carbons (Fsp3) is 0.611. The number of carbonyl (C=O) groups excluding carboxylic acids is 1. The summed E-state index contributed by atoms with van der Waals surface area (Å²) >= 11 is 0. The first-order valence-corrected chi connectivity index (χ1v) is 8.06. The van der Waals surface area contributed by atoms with Crippen LogP contribution in [0.4, 0.5) is 5.69 Å². The minimum absolute atomic E-state index is 0.197. The average molecular weight is 288 g/mol. The van der Waals surface area contributed by atoms with Crippen molar-refractivity contribution in [3.63, 3.8) is 0 Å². The van der Waals surface area contributed by atoms with E-state index in [0.29, 0.717) is 18.3 Å². The molecule has 0 aromatic heterocycles.